The van der Waals surface area contributed by atoms with E-state index in [1.54, 1.807) is 19.2 Å². The molecular formula is C17H20FNO. The standard InChI is InChI=1S/C17H20FNO/c1-3-16(13-8-6-9-15(18)11-13)19-12-14-7-4-5-10-17(14)20-2/h4-11,16,19H,3,12H2,1-2H3. The first-order valence-corrected chi connectivity index (χ1v) is 6.85. The fourth-order valence-corrected chi connectivity index (χ4v) is 2.30. The maximum Gasteiger partial charge on any atom is 0.123 e. The Morgan fingerprint density at radius 3 is 2.65 bits per heavy atom. The highest BCUT2D eigenvalue weighted by Gasteiger charge is 2.10. The van der Waals surface area contributed by atoms with Crippen LogP contribution in [0.2, 0.25) is 0 Å². The zero-order valence-electron chi connectivity index (χ0n) is 11.9. The number of para-hydroxylation sites is 1. The number of methoxy groups -OCH3 is 1. The van der Waals surface area contributed by atoms with Crippen molar-refractivity contribution < 1.29 is 9.13 Å². The first kappa shape index (κ1) is 14.5. The van der Waals surface area contributed by atoms with Gasteiger partial charge in [-0.05, 0) is 30.2 Å². The van der Waals surface area contributed by atoms with E-state index in [0.29, 0.717) is 6.54 Å². The molecule has 1 N–H and O–H groups in total. The number of rotatable bonds is 6. The minimum atomic E-state index is -0.194. The van der Waals surface area contributed by atoms with Gasteiger partial charge in [0, 0.05) is 18.2 Å². The van der Waals surface area contributed by atoms with E-state index in [9.17, 15) is 4.39 Å². The predicted octanol–water partition coefficient (Wildman–Crippen LogP) is 4.08. The van der Waals surface area contributed by atoms with Crippen LogP contribution >= 0.6 is 0 Å². The number of halogens is 1. The Hall–Kier alpha value is -1.87. The average molecular weight is 273 g/mol. The summed E-state index contributed by atoms with van der Waals surface area (Å²) in [5.41, 5.74) is 2.08. The van der Waals surface area contributed by atoms with Crippen molar-refractivity contribution >= 4 is 0 Å². The Bertz CT molecular complexity index is 556. The van der Waals surface area contributed by atoms with E-state index >= 15 is 0 Å². The Morgan fingerprint density at radius 2 is 1.95 bits per heavy atom. The fraction of sp³-hybridized carbons (Fsp3) is 0.294. The van der Waals surface area contributed by atoms with Crippen LogP contribution in [0.15, 0.2) is 48.5 Å². The van der Waals surface area contributed by atoms with Crippen molar-refractivity contribution in [2.24, 2.45) is 0 Å². The Balaban J connectivity index is 2.08. The van der Waals surface area contributed by atoms with Crippen LogP contribution in [0.3, 0.4) is 0 Å². The second kappa shape index (κ2) is 7.06. The third kappa shape index (κ3) is 3.58. The van der Waals surface area contributed by atoms with Gasteiger partial charge in [0.2, 0.25) is 0 Å². The lowest BCUT2D eigenvalue weighted by molar-refractivity contribution is 0.404. The zero-order chi connectivity index (χ0) is 14.4. The van der Waals surface area contributed by atoms with Gasteiger partial charge in [0.05, 0.1) is 7.11 Å². The molecule has 2 nitrogen and oxygen atoms in total. The van der Waals surface area contributed by atoms with Crippen molar-refractivity contribution in [3.63, 3.8) is 0 Å². The van der Waals surface area contributed by atoms with Gasteiger partial charge >= 0.3 is 0 Å². The molecule has 20 heavy (non-hydrogen) atoms. The minimum absolute atomic E-state index is 0.135. The van der Waals surface area contributed by atoms with Crippen LogP contribution in [0, 0.1) is 5.82 Å². The maximum absolute atomic E-state index is 13.3. The van der Waals surface area contributed by atoms with Crippen molar-refractivity contribution in [2.45, 2.75) is 25.9 Å². The van der Waals surface area contributed by atoms with E-state index in [1.807, 2.05) is 30.3 Å². The van der Waals surface area contributed by atoms with Gasteiger partial charge < -0.3 is 10.1 Å². The quantitative estimate of drug-likeness (QED) is 0.856. The number of benzene rings is 2. The number of nitrogens with one attached hydrogen (secondary N) is 1. The lowest BCUT2D eigenvalue weighted by Gasteiger charge is -2.18. The summed E-state index contributed by atoms with van der Waals surface area (Å²) in [6, 6.07) is 14.8. The summed E-state index contributed by atoms with van der Waals surface area (Å²) in [4.78, 5) is 0. The molecule has 3 heteroatoms. The summed E-state index contributed by atoms with van der Waals surface area (Å²) >= 11 is 0. The van der Waals surface area contributed by atoms with Crippen molar-refractivity contribution in [3.8, 4) is 5.75 Å². The van der Waals surface area contributed by atoms with Crippen molar-refractivity contribution in [1.82, 2.24) is 5.32 Å². The molecule has 1 atom stereocenters. The molecule has 0 spiro atoms. The Morgan fingerprint density at radius 1 is 1.15 bits per heavy atom. The number of ether oxygens (including phenoxy) is 1. The van der Waals surface area contributed by atoms with Crippen LogP contribution in [-0.4, -0.2) is 7.11 Å². The molecule has 0 aliphatic carbocycles. The summed E-state index contributed by atoms with van der Waals surface area (Å²) < 4.78 is 18.6. The van der Waals surface area contributed by atoms with Crippen LogP contribution in [-0.2, 0) is 6.54 Å². The fourth-order valence-electron chi connectivity index (χ4n) is 2.30. The smallest absolute Gasteiger partial charge is 0.123 e. The Kier molecular flexibility index (Phi) is 5.13. The number of hydrogen-bond acceptors (Lipinski definition) is 2. The Labute approximate surface area is 119 Å². The van der Waals surface area contributed by atoms with Crippen LogP contribution in [0.5, 0.6) is 5.75 Å². The van der Waals surface area contributed by atoms with E-state index in [1.165, 1.54) is 6.07 Å². The molecule has 0 aliphatic heterocycles. The minimum Gasteiger partial charge on any atom is -0.496 e. The zero-order valence-corrected chi connectivity index (χ0v) is 11.9. The number of hydrogen-bond donors (Lipinski definition) is 1. The molecule has 0 heterocycles. The third-order valence-electron chi connectivity index (χ3n) is 3.39. The van der Waals surface area contributed by atoms with E-state index < -0.39 is 0 Å². The van der Waals surface area contributed by atoms with Gasteiger partial charge in [0.15, 0.2) is 0 Å². The van der Waals surface area contributed by atoms with Crippen LogP contribution in [0.25, 0.3) is 0 Å². The van der Waals surface area contributed by atoms with Crippen molar-refractivity contribution in [2.75, 3.05) is 7.11 Å². The van der Waals surface area contributed by atoms with E-state index in [-0.39, 0.29) is 11.9 Å². The summed E-state index contributed by atoms with van der Waals surface area (Å²) in [5, 5.41) is 3.46. The summed E-state index contributed by atoms with van der Waals surface area (Å²) in [6.07, 6.45) is 0.901. The highest BCUT2D eigenvalue weighted by atomic mass is 19.1. The SMILES string of the molecule is CCC(NCc1ccccc1OC)c1cccc(F)c1. The van der Waals surface area contributed by atoms with Crippen LogP contribution < -0.4 is 10.1 Å². The normalized spacial score (nSPS) is 12.2. The van der Waals surface area contributed by atoms with Gasteiger partial charge in [-0.2, -0.15) is 0 Å². The van der Waals surface area contributed by atoms with Gasteiger partial charge in [-0.25, -0.2) is 4.39 Å². The first-order chi connectivity index (χ1) is 9.74. The largest absolute Gasteiger partial charge is 0.496 e. The monoisotopic (exact) mass is 273 g/mol. The van der Waals surface area contributed by atoms with Gasteiger partial charge in [-0.1, -0.05) is 37.3 Å². The molecule has 0 saturated heterocycles. The molecular weight excluding hydrogens is 253 g/mol. The molecule has 0 aromatic heterocycles. The molecule has 106 valence electrons. The van der Waals surface area contributed by atoms with Crippen molar-refractivity contribution in [1.29, 1.82) is 0 Å². The molecule has 0 bridgehead atoms. The molecule has 0 fully saturated rings. The molecule has 0 saturated carbocycles. The molecule has 2 aromatic carbocycles. The van der Waals surface area contributed by atoms with E-state index in [2.05, 4.69) is 12.2 Å². The molecule has 2 rings (SSSR count). The van der Waals surface area contributed by atoms with E-state index in [0.717, 1.165) is 23.3 Å². The summed E-state index contributed by atoms with van der Waals surface area (Å²) in [7, 11) is 1.67. The second-order valence-corrected chi connectivity index (χ2v) is 4.71. The highest BCUT2D eigenvalue weighted by molar-refractivity contribution is 5.33. The highest BCUT2D eigenvalue weighted by Crippen LogP contribution is 2.21. The summed E-state index contributed by atoms with van der Waals surface area (Å²) in [5.74, 6) is 0.675. The van der Waals surface area contributed by atoms with Gasteiger partial charge in [0.1, 0.15) is 11.6 Å². The van der Waals surface area contributed by atoms with Crippen LogP contribution in [0.4, 0.5) is 4.39 Å². The maximum atomic E-state index is 13.3. The third-order valence-corrected chi connectivity index (χ3v) is 3.39. The van der Waals surface area contributed by atoms with Crippen molar-refractivity contribution in [3.05, 3.63) is 65.5 Å². The van der Waals surface area contributed by atoms with E-state index in [4.69, 9.17) is 4.74 Å². The molecule has 0 radical (unpaired) electrons. The molecule has 2 aromatic rings. The molecule has 1 unspecified atom stereocenters. The van der Waals surface area contributed by atoms with Gasteiger partial charge in [-0.15, -0.1) is 0 Å². The average Bonchev–Trinajstić information content (AvgIpc) is 2.48. The van der Waals surface area contributed by atoms with Gasteiger partial charge in [0.25, 0.3) is 0 Å². The molecule has 0 amide bonds. The van der Waals surface area contributed by atoms with Crippen LogP contribution in [0.1, 0.15) is 30.5 Å². The topological polar surface area (TPSA) is 21.3 Å². The lowest BCUT2D eigenvalue weighted by Crippen LogP contribution is -2.20. The van der Waals surface area contributed by atoms with Gasteiger partial charge in [-0.3, -0.25) is 0 Å². The molecule has 0 aliphatic rings. The lowest BCUT2D eigenvalue weighted by atomic mass is 10.0. The summed E-state index contributed by atoms with van der Waals surface area (Å²) in [6.45, 7) is 2.78. The predicted molar refractivity (Wildman–Crippen MR) is 79.3 cm³/mol. The second-order valence-electron chi connectivity index (χ2n) is 4.71. The first-order valence-electron chi connectivity index (χ1n) is 6.85.